The Bertz CT molecular complexity index is 915. The summed E-state index contributed by atoms with van der Waals surface area (Å²) in [5.74, 6) is -1.60. The van der Waals surface area contributed by atoms with Crippen LogP contribution in [0.3, 0.4) is 0 Å². The third-order valence-corrected chi connectivity index (χ3v) is 4.20. The van der Waals surface area contributed by atoms with E-state index in [1.165, 1.54) is 23.5 Å². The second-order valence-electron chi connectivity index (χ2n) is 5.11. The smallest absolute Gasteiger partial charge is 0.343 e. The number of ketones is 1. The number of benzene rings is 2. The number of ether oxygens (including phenoxy) is 1. The molecule has 0 aliphatic carbocycles. The fourth-order valence-corrected chi connectivity index (χ4v) is 2.77. The molecule has 3 rings (SSSR count). The molecule has 0 bridgehead atoms. The van der Waals surface area contributed by atoms with Crippen LogP contribution in [-0.2, 0) is 0 Å². The van der Waals surface area contributed by atoms with E-state index in [4.69, 9.17) is 4.74 Å². The maximum Gasteiger partial charge on any atom is 0.343 e. The topological polar surface area (TPSA) is 43.4 Å². The number of hydrogen-bond acceptors (Lipinski definition) is 4. The van der Waals surface area contributed by atoms with E-state index >= 15 is 0 Å². The molecule has 3 nitrogen and oxygen atoms in total. The van der Waals surface area contributed by atoms with E-state index in [1.807, 2.05) is 17.5 Å². The van der Waals surface area contributed by atoms with Crippen LogP contribution in [0.4, 0.5) is 4.39 Å². The highest BCUT2D eigenvalue weighted by atomic mass is 32.1. The molecule has 0 saturated carbocycles. The van der Waals surface area contributed by atoms with Gasteiger partial charge in [-0.3, -0.25) is 4.79 Å². The Morgan fingerprint density at radius 3 is 2.52 bits per heavy atom. The number of carbonyl (C=O) groups is 2. The van der Waals surface area contributed by atoms with Gasteiger partial charge >= 0.3 is 5.97 Å². The van der Waals surface area contributed by atoms with Crippen molar-refractivity contribution in [2.24, 2.45) is 0 Å². The van der Waals surface area contributed by atoms with E-state index in [9.17, 15) is 14.0 Å². The number of hydrogen-bond donors (Lipinski definition) is 0. The first-order chi connectivity index (χ1) is 12.1. The zero-order chi connectivity index (χ0) is 17.6. The summed E-state index contributed by atoms with van der Waals surface area (Å²) in [6, 6.07) is 15.6. The molecule has 3 aromatic rings. The molecule has 0 radical (unpaired) electrons. The van der Waals surface area contributed by atoms with Crippen molar-refractivity contribution in [1.29, 1.82) is 0 Å². The van der Waals surface area contributed by atoms with Crippen molar-refractivity contribution in [2.45, 2.75) is 0 Å². The van der Waals surface area contributed by atoms with Crippen LogP contribution in [0.15, 0.2) is 72.1 Å². The molecule has 0 amide bonds. The van der Waals surface area contributed by atoms with E-state index in [0.717, 1.165) is 17.0 Å². The molecule has 1 aromatic heterocycles. The van der Waals surface area contributed by atoms with Gasteiger partial charge in [0.1, 0.15) is 11.6 Å². The number of carbonyl (C=O) groups excluding carboxylic acids is 2. The lowest BCUT2D eigenvalue weighted by Gasteiger charge is -2.08. The molecular weight excluding hydrogens is 339 g/mol. The number of allylic oxidation sites excluding steroid dienone is 1. The van der Waals surface area contributed by atoms with Crippen LogP contribution in [0.2, 0.25) is 0 Å². The normalized spacial score (nSPS) is 10.8. The maximum absolute atomic E-state index is 13.6. The summed E-state index contributed by atoms with van der Waals surface area (Å²) in [5.41, 5.74) is 0.344. The summed E-state index contributed by atoms with van der Waals surface area (Å²) in [6.45, 7) is 0. The minimum absolute atomic E-state index is 0.00270. The van der Waals surface area contributed by atoms with Gasteiger partial charge in [0.05, 0.1) is 11.1 Å². The van der Waals surface area contributed by atoms with Gasteiger partial charge in [-0.05, 0) is 53.9 Å². The first kappa shape index (κ1) is 16.8. The second kappa shape index (κ2) is 7.68. The fraction of sp³-hybridized carbons (Fsp3) is 0. The van der Waals surface area contributed by atoms with Crippen LogP contribution in [-0.4, -0.2) is 11.8 Å². The predicted molar refractivity (Wildman–Crippen MR) is 95.5 cm³/mol. The largest absolute Gasteiger partial charge is 0.422 e. The van der Waals surface area contributed by atoms with Gasteiger partial charge in [0, 0.05) is 4.88 Å². The van der Waals surface area contributed by atoms with Crippen LogP contribution >= 0.6 is 11.3 Å². The van der Waals surface area contributed by atoms with Gasteiger partial charge in [0.15, 0.2) is 5.78 Å². The number of thiophene rings is 1. The van der Waals surface area contributed by atoms with E-state index in [2.05, 4.69) is 0 Å². The lowest BCUT2D eigenvalue weighted by atomic mass is 10.1. The number of rotatable bonds is 5. The highest BCUT2D eigenvalue weighted by molar-refractivity contribution is 7.10. The highest BCUT2D eigenvalue weighted by Gasteiger charge is 2.16. The van der Waals surface area contributed by atoms with Crippen molar-refractivity contribution >= 4 is 29.2 Å². The van der Waals surface area contributed by atoms with Crippen molar-refractivity contribution in [3.8, 4) is 5.75 Å². The van der Waals surface area contributed by atoms with Gasteiger partial charge in [0.25, 0.3) is 0 Å². The monoisotopic (exact) mass is 352 g/mol. The Kier molecular flexibility index (Phi) is 5.16. The molecule has 0 saturated heterocycles. The zero-order valence-corrected chi connectivity index (χ0v) is 13.8. The molecule has 25 heavy (non-hydrogen) atoms. The predicted octanol–water partition coefficient (Wildman–Crippen LogP) is 5.00. The molecule has 0 aliphatic rings. The lowest BCUT2D eigenvalue weighted by molar-refractivity contribution is 0.0733. The molecule has 0 N–H and O–H groups in total. The minimum Gasteiger partial charge on any atom is -0.422 e. The minimum atomic E-state index is -0.608. The first-order valence-electron chi connectivity index (χ1n) is 7.46. The lowest BCUT2D eigenvalue weighted by Crippen LogP contribution is -2.11. The number of halogens is 1. The second-order valence-corrected chi connectivity index (χ2v) is 6.09. The summed E-state index contributed by atoms with van der Waals surface area (Å²) < 4.78 is 18.9. The molecule has 0 unspecified atom stereocenters. The van der Waals surface area contributed by atoms with Gasteiger partial charge in [-0.1, -0.05) is 24.3 Å². The molecule has 2 aromatic carbocycles. The van der Waals surface area contributed by atoms with Gasteiger partial charge in [-0.25, -0.2) is 9.18 Å². The van der Waals surface area contributed by atoms with Crippen LogP contribution in [0.1, 0.15) is 25.6 Å². The summed E-state index contributed by atoms with van der Waals surface area (Å²) in [5, 5.41) is 1.89. The number of esters is 1. The highest BCUT2D eigenvalue weighted by Crippen LogP contribution is 2.23. The quantitative estimate of drug-likeness (QED) is 0.281. The van der Waals surface area contributed by atoms with E-state index < -0.39 is 17.6 Å². The molecule has 124 valence electrons. The first-order valence-corrected chi connectivity index (χ1v) is 8.34. The SMILES string of the molecule is O=C(Oc1ccc(F)cc1C(=O)C=Cc1cccs1)c1ccccc1. The summed E-state index contributed by atoms with van der Waals surface area (Å²) in [6.07, 6.45) is 2.97. The van der Waals surface area contributed by atoms with Gasteiger partial charge < -0.3 is 4.74 Å². The van der Waals surface area contributed by atoms with Crippen molar-refractivity contribution in [1.82, 2.24) is 0 Å². The third-order valence-electron chi connectivity index (χ3n) is 3.36. The molecule has 0 aliphatic heterocycles. The summed E-state index contributed by atoms with van der Waals surface area (Å²) in [7, 11) is 0. The Hall–Kier alpha value is -3.05. The van der Waals surface area contributed by atoms with Gasteiger partial charge in [0.2, 0.25) is 0 Å². The Morgan fingerprint density at radius 2 is 1.80 bits per heavy atom. The Labute approximate surface area is 148 Å². The van der Waals surface area contributed by atoms with Gasteiger partial charge in [-0.2, -0.15) is 0 Å². The molecule has 0 atom stereocenters. The Balaban J connectivity index is 1.85. The van der Waals surface area contributed by atoms with E-state index in [1.54, 1.807) is 36.4 Å². The molecule has 0 spiro atoms. The van der Waals surface area contributed by atoms with E-state index in [-0.39, 0.29) is 11.3 Å². The fourth-order valence-electron chi connectivity index (χ4n) is 2.15. The molecule has 0 fully saturated rings. The van der Waals surface area contributed by atoms with Crippen molar-refractivity contribution in [3.05, 3.63) is 93.9 Å². The van der Waals surface area contributed by atoms with Crippen LogP contribution in [0.25, 0.3) is 6.08 Å². The van der Waals surface area contributed by atoms with Crippen LogP contribution in [0, 0.1) is 5.82 Å². The summed E-state index contributed by atoms with van der Waals surface area (Å²) >= 11 is 1.48. The molecule has 5 heteroatoms. The molecule has 1 heterocycles. The van der Waals surface area contributed by atoms with Gasteiger partial charge in [-0.15, -0.1) is 11.3 Å². The standard InChI is InChI=1S/C20H13FO3S/c21-15-8-11-19(24-20(23)14-5-2-1-3-6-14)17(13-15)18(22)10-9-16-7-4-12-25-16/h1-13H. The zero-order valence-electron chi connectivity index (χ0n) is 13.0. The Morgan fingerprint density at radius 1 is 1.00 bits per heavy atom. The van der Waals surface area contributed by atoms with Crippen molar-refractivity contribution < 1.29 is 18.7 Å². The average Bonchev–Trinajstić information content (AvgIpc) is 3.15. The maximum atomic E-state index is 13.6. The van der Waals surface area contributed by atoms with E-state index in [0.29, 0.717) is 5.56 Å². The van der Waals surface area contributed by atoms with Crippen molar-refractivity contribution in [3.63, 3.8) is 0 Å². The summed E-state index contributed by atoms with van der Waals surface area (Å²) in [4.78, 5) is 25.5. The van der Waals surface area contributed by atoms with Crippen LogP contribution in [0.5, 0.6) is 5.75 Å². The molecular formula is C20H13FO3S. The average molecular weight is 352 g/mol. The van der Waals surface area contributed by atoms with Crippen molar-refractivity contribution in [2.75, 3.05) is 0 Å². The van der Waals surface area contributed by atoms with Crippen LogP contribution < -0.4 is 4.74 Å². The third kappa shape index (κ3) is 4.28.